The lowest BCUT2D eigenvalue weighted by Gasteiger charge is -2.39. The van der Waals surface area contributed by atoms with Crippen molar-refractivity contribution in [3.05, 3.63) is 34.1 Å². The minimum Gasteiger partial charge on any atom is -0.348 e. The summed E-state index contributed by atoms with van der Waals surface area (Å²) in [6, 6.07) is 5.58. The second-order valence-electron chi connectivity index (χ2n) is 6.03. The van der Waals surface area contributed by atoms with Gasteiger partial charge in [-0.1, -0.05) is 15.9 Å². The summed E-state index contributed by atoms with van der Waals surface area (Å²) in [7, 11) is 2.11. The molecule has 0 unspecified atom stereocenters. The molecular weight excluding hydrogens is 337 g/mol. The minimum absolute atomic E-state index is 0.192. The Morgan fingerprint density at radius 3 is 2.52 bits per heavy atom. The van der Waals surface area contributed by atoms with Gasteiger partial charge >= 0.3 is 0 Å². The Balaban J connectivity index is 1.57. The van der Waals surface area contributed by atoms with Crippen LogP contribution in [0.4, 0.5) is 4.39 Å². The van der Waals surface area contributed by atoms with Crippen LogP contribution in [0.15, 0.2) is 22.7 Å². The molecule has 3 nitrogen and oxygen atoms in total. The fourth-order valence-corrected chi connectivity index (χ4v) is 3.90. The average Bonchev–Trinajstić information content (AvgIpc) is 2.86. The highest BCUT2D eigenvalue weighted by Crippen LogP contribution is 2.37. The van der Waals surface area contributed by atoms with Crippen LogP contribution in [0.3, 0.4) is 0 Å². The maximum Gasteiger partial charge on any atom is 0.168 e. The fraction of sp³-hybridized carbons (Fsp3) is 0.625. The van der Waals surface area contributed by atoms with Crippen LogP contribution in [-0.2, 0) is 16.0 Å². The van der Waals surface area contributed by atoms with E-state index in [2.05, 4.69) is 27.9 Å². The van der Waals surface area contributed by atoms with Gasteiger partial charge in [-0.25, -0.2) is 4.39 Å². The molecule has 0 bridgehead atoms. The molecule has 1 aliphatic carbocycles. The molecule has 1 aromatic carbocycles. The second kappa shape index (κ2) is 6.32. The topological polar surface area (TPSA) is 21.7 Å². The molecule has 0 radical (unpaired) electrons. The Labute approximate surface area is 133 Å². The summed E-state index contributed by atoms with van der Waals surface area (Å²) in [5, 5.41) is 0. The van der Waals surface area contributed by atoms with Gasteiger partial charge in [0.15, 0.2) is 5.79 Å². The standard InChI is InChI=1S/C16H21BrFNO2/c1-19(11-12-8-13(17)10-14(18)9-12)15-2-4-16(5-3-15)20-6-7-21-16/h8-10,15H,2-7,11H2,1H3. The molecule has 21 heavy (non-hydrogen) atoms. The number of ether oxygens (including phenoxy) is 2. The van der Waals surface area contributed by atoms with Gasteiger partial charge in [-0.15, -0.1) is 0 Å². The monoisotopic (exact) mass is 357 g/mol. The van der Waals surface area contributed by atoms with Crippen molar-refractivity contribution >= 4 is 15.9 Å². The van der Waals surface area contributed by atoms with E-state index in [0.717, 1.165) is 55.5 Å². The van der Waals surface area contributed by atoms with E-state index in [4.69, 9.17) is 9.47 Å². The van der Waals surface area contributed by atoms with Gasteiger partial charge < -0.3 is 9.47 Å². The van der Waals surface area contributed by atoms with Gasteiger partial charge in [-0.3, -0.25) is 4.90 Å². The third-order valence-corrected chi connectivity index (χ3v) is 4.97. The molecular formula is C16H21BrFNO2. The van der Waals surface area contributed by atoms with Crippen molar-refractivity contribution in [3.63, 3.8) is 0 Å². The minimum atomic E-state index is -0.306. The molecule has 1 heterocycles. The first-order valence-corrected chi connectivity index (χ1v) is 8.29. The van der Waals surface area contributed by atoms with Crippen LogP contribution in [0.5, 0.6) is 0 Å². The van der Waals surface area contributed by atoms with Gasteiger partial charge in [0.05, 0.1) is 13.2 Å². The van der Waals surface area contributed by atoms with Crippen molar-refractivity contribution in [3.8, 4) is 0 Å². The Kier molecular flexibility index (Phi) is 4.64. The van der Waals surface area contributed by atoms with Crippen molar-refractivity contribution in [2.24, 2.45) is 0 Å². The lowest BCUT2D eigenvalue weighted by atomic mass is 9.89. The smallest absolute Gasteiger partial charge is 0.168 e. The molecule has 1 spiro atoms. The van der Waals surface area contributed by atoms with E-state index >= 15 is 0 Å². The maximum absolute atomic E-state index is 13.4. The van der Waals surface area contributed by atoms with Gasteiger partial charge in [0.1, 0.15) is 5.82 Å². The van der Waals surface area contributed by atoms with Crippen molar-refractivity contribution in [1.29, 1.82) is 0 Å². The second-order valence-corrected chi connectivity index (χ2v) is 6.95. The van der Waals surface area contributed by atoms with Crippen molar-refractivity contribution in [2.45, 2.75) is 44.1 Å². The van der Waals surface area contributed by atoms with E-state index in [-0.39, 0.29) is 11.6 Å². The van der Waals surface area contributed by atoms with Crippen molar-refractivity contribution in [1.82, 2.24) is 4.90 Å². The Morgan fingerprint density at radius 2 is 1.90 bits per heavy atom. The molecule has 2 fully saturated rings. The van der Waals surface area contributed by atoms with Crippen LogP contribution in [-0.4, -0.2) is 37.0 Å². The molecule has 1 saturated carbocycles. The van der Waals surface area contributed by atoms with E-state index < -0.39 is 0 Å². The van der Waals surface area contributed by atoms with Gasteiger partial charge in [0.25, 0.3) is 0 Å². The summed E-state index contributed by atoms with van der Waals surface area (Å²) in [5.41, 5.74) is 0.998. The first kappa shape index (κ1) is 15.4. The quantitative estimate of drug-likeness (QED) is 0.822. The van der Waals surface area contributed by atoms with E-state index in [0.29, 0.717) is 6.04 Å². The van der Waals surface area contributed by atoms with Gasteiger partial charge in [-0.2, -0.15) is 0 Å². The van der Waals surface area contributed by atoms with Gasteiger partial charge in [0.2, 0.25) is 0 Å². The van der Waals surface area contributed by atoms with E-state index in [9.17, 15) is 4.39 Å². The maximum atomic E-state index is 13.4. The number of hydrogen-bond acceptors (Lipinski definition) is 3. The molecule has 1 aromatic rings. The Bertz CT molecular complexity index is 475. The fourth-order valence-electron chi connectivity index (χ4n) is 3.39. The summed E-state index contributed by atoms with van der Waals surface area (Å²) in [4.78, 5) is 2.31. The third-order valence-electron chi connectivity index (χ3n) is 4.51. The van der Waals surface area contributed by atoms with Crippen LogP contribution in [0.2, 0.25) is 0 Å². The Morgan fingerprint density at radius 1 is 1.24 bits per heavy atom. The Hall–Kier alpha value is -0.490. The molecule has 0 aromatic heterocycles. The summed E-state index contributed by atoms with van der Waals surface area (Å²) in [6.07, 6.45) is 4.03. The highest BCUT2D eigenvalue weighted by atomic mass is 79.9. The van der Waals surface area contributed by atoms with Gasteiger partial charge in [0, 0.05) is 29.9 Å². The lowest BCUT2D eigenvalue weighted by molar-refractivity contribution is -0.183. The summed E-state index contributed by atoms with van der Waals surface area (Å²) >= 11 is 3.35. The molecule has 1 saturated heterocycles. The largest absolute Gasteiger partial charge is 0.348 e. The predicted octanol–water partition coefficient (Wildman–Crippen LogP) is 3.71. The highest BCUT2D eigenvalue weighted by Gasteiger charge is 2.40. The van der Waals surface area contributed by atoms with Crippen LogP contribution >= 0.6 is 15.9 Å². The zero-order valence-electron chi connectivity index (χ0n) is 12.3. The zero-order valence-corrected chi connectivity index (χ0v) is 13.9. The molecule has 0 N–H and O–H groups in total. The summed E-state index contributed by atoms with van der Waals surface area (Å²) < 4.78 is 25.8. The predicted molar refractivity (Wildman–Crippen MR) is 82.5 cm³/mol. The number of rotatable bonds is 3. The summed E-state index contributed by atoms with van der Waals surface area (Å²) in [5.74, 6) is -0.498. The molecule has 0 atom stereocenters. The summed E-state index contributed by atoms with van der Waals surface area (Å²) in [6.45, 7) is 2.20. The molecule has 2 aliphatic rings. The molecule has 1 aliphatic heterocycles. The zero-order chi connectivity index (χ0) is 14.9. The number of hydrogen-bond donors (Lipinski definition) is 0. The molecule has 0 amide bonds. The van der Waals surface area contributed by atoms with Crippen LogP contribution in [0, 0.1) is 5.82 Å². The lowest BCUT2D eigenvalue weighted by Crippen LogP contribution is -2.42. The first-order chi connectivity index (χ1) is 10.1. The van der Waals surface area contributed by atoms with E-state index in [1.807, 2.05) is 6.07 Å². The molecule has 116 valence electrons. The number of halogens is 2. The molecule has 3 rings (SSSR count). The normalized spacial score (nSPS) is 22.3. The highest BCUT2D eigenvalue weighted by molar-refractivity contribution is 9.10. The van der Waals surface area contributed by atoms with E-state index in [1.54, 1.807) is 6.07 Å². The van der Waals surface area contributed by atoms with Crippen LogP contribution in [0.25, 0.3) is 0 Å². The van der Waals surface area contributed by atoms with Crippen molar-refractivity contribution in [2.75, 3.05) is 20.3 Å². The average molecular weight is 358 g/mol. The first-order valence-electron chi connectivity index (χ1n) is 7.49. The van der Waals surface area contributed by atoms with E-state index in [1.165, 1.54) is 6.07 Å². The number of benzene rings is 1. The SMILES string of the molecule is CN(Cc1cc(F)cc(Br)c1)C1CCC2(CC1)OCCO2. The van der Waals surface area contributed by atoms with Crippen LogP contribution in [0.1, 0.15) is 31.2 Å². The van der Waals surface area contributed by atoms with Crippen LogP contribution < -0.4 is 0 Å². The molecule has 5 heteroatoms. The van der Waals surface area contributed by atoms with Gasteiger partial charge in [-0.05, 0) is 43.7 Å². The number of nitrogens with zero attached hydrogens (tertiary/aromatic N) is 1. The van der Waals surface area contributed by atoms with Crippen molar-refractivity contribution < 1.29 is 13.9 Å². The third kappa shape index (κ3) is 3.65.